The molecule has 1 saturated heterocycles. The maximum Gasteiger partial charge on any atom is 2.00 e. The molecule has 9 nitrogen and oxygen atoms in total. The van der Waals surface area contributed by atoms with Gasteiger partial charge in [-0.25, -0.2) is 0 Å². The summed E-state index contributed by atoms with van der Waals surface area (Å²) >= 11 is 0. The summed E-state index contributed by atoms with van der Waals surface area (Å²) in [7, 11) is -5.23. The first-order valence-corrected chi connectivity index (χ1v) is 5.73. The van der Waals surface area contributed by atoms with Gasteiger partial charge in [0.2, 0.25) is 0 Å². The van der Waals surface area contributed by atoms with Gasteiger partial charge in [-0.05, 0) is 0 Å². The molecule has 0 radical (unpaired) electrons. The van der Waals surface area contributed by atoms with Crippen LogP contribution in [0.5, 0.6) is 0 Å². The fourth-order valence-electron chi connectivity index (χ4n) is 1.23. The van der Waals surface area contributed by atoms with Gasteiger partial charge in [0.25, 0.3) is 0 Å². The Hall–Kier alpha value is 1.48. The number of hydrogen-bond acceptors (Lipinski definition) is 9. The summed E-state index contributed by atoms with van der Waals surface area (Å²) in [5, 5.41) is 36.6. The molecular weight excluding hydrogens is 384 g/mol. The molecule has 0 aromatic rings. The maximum absolute atomic E-state index is 10.1. The molecule has 1 aliphatic rings. The van der Waals surface area contributed by atoms with Crippen LogP contribution in [-0.2, 0) is 13.8 Å². The SMILES string of the molecule is O=P([O-])([O-])OC[C@@H]1O[C@@H](O)[C@@H](O)[C@H](O)[C@H]1O.[Ba+2]. The molecule has 0 aromatic carbocycles. The summed E-state index contributed by atoms with van der Waals surface area (Å²) in [6.45, 7) is -0.855. The van der Waals surface area contributed by atoms with Crippen LogP contribution in [0.25, 0.3) is 0 Å². The molecule has 0 aliphatic carbocycles. The summed E-state index contributed by atoms with van der Waals surface area (Å²) in [5.41, 5.74) is 0. The van der Waals surface area contributed by atoms with E-state index in [1.54, 1.807) is 0 Å². The smallest absolute Gasteiger partial charge is 0.790 e. The molecule has 5 atom stereocenters. The number of aliphatic hydroxyl groups is 4. The molecule has 0 saturated carbocycles. The Morgan fingerprint density at radius 2 is 1.65 bits per heavy atom. The molecule has 1 aliphatic heterocycles. The van der Waals surface area contributed by atoms with E-state index in [2.05, 4.69) is 9.26 Å². The Morgan fingerprint density at radius 3 is 2.12 bits per heavy atom. The predicted octanol–water partition coefficient (Wildman–Crippen LogP) is -4.75. The zero-order valence-corrected chi connectivity index (χ0v) is 13.9. The zero-order valence-electron chi connectivity index (χ0n) is 8.58. The second-order valence-corrected chi connectivity index (χ2v) is 4.43. The monoisotopic (exact) mass is 396 g/mol. The summed E-state index contributed by atoms with van der Waals surface area (Å²) in [6.07, 6.45) is -8.35. The Kier molecular flexibility index (Phi) is 7.95. The van der Waals surface area contributed by atoms with Crippen LogP contribution in [0, 0.1) is 0 Å². The van der Waals surface area contributed by atoms with E-state index in [-0.39, 0.29) is 48.9 Å². The van der Waals surface area contributed by atoms with E-state index in [4.69, 9.17) is 10.2 Å². The van der Waals surface area contributed by atoms with Gasteiger partial charge in [-0.3, -0.25) is 0 Å². The number of hydrogen-bond donors (Lipinski definition) is 4. The zero-order chi connectivity index (χ0) is 12.5. The quantitative estimate of drug-likeness (QED) is 0.271. The molecule has 17 heavy (non-hydrogen) atoms. The van der Waals surface area contributed by atoms with Crippen molar-refractivity contribution in [2.75, 3.05) is 6.61 Å². The minimum Gasteiger partial charge on any atom is -0.790 e. The third kappa shape index (κ3) is 5.55. The van der Waals surface area contributed by atoms with Gasteiger partial charge in [0.1, 0.15) is 24.4 Å². The molecule has 0 amide bonds. The molecule has 11 heteroatoms. The first-order valence-electron chi connectivity index (χ1n) is 4.26. The van der Waals surface area contributed by atoms with E-state index >= 15 is 0 Å². The third-order valence-corrected chi connectivity index (χ3v) is 2.55. The normalized spacial score (nSPS) is 38.6. The molecule has 0 spiro atoms. The fourth-order valence-corrected chi connectivity index (χ4v) is 1.56. The number of aliphatic hydroxyl groups excluding tert-OH is 4. The second kappa shape index (κ2) is 7.31. The Morgan fingerprint density at radius 1 is 1.12 bits per heavy atom. The molecule has 4 N–H and O–H groups in total. The van der Waals surface area contributed by atoms with E-state index in [0.717, 1.165) is 0 Å². The summed E-state index contributed by atoms with van der Waals surface area (Å²) in [5.74, 6) is 0. The topological polar surface area (TPSA) is 163 Å². The van der Waals surface area contributed by atoms with Crippen molar-refractivity contribution in [2.24, 2.45) is 0 Å². The van der Waals surface area contributed by atoms with Gasteiger partial charge < -0.3 is 44.0 Å². The van der Waals surface area contributed by atoms with Crippen LogP contribution in [0.3, 0.4) is 0 Å². The van der Waals surface area contributed by atoms with Gasteiger partial charge in [0.05, 0.1) is 14.4 Å². The van der Waals surface area contributed by atoms with Crippen LogP contribution in [0.2, 0.25) is 0 Å². The minimum absolute atomic E-state index is 0. The maximum atomic E-state index is 10.1. The van der Waals surface area contributed by atoms with Crippen LogP contribution in [0.4, 0.5) is 0 Å². The molecule has 96 valence electrons. The average molecular weight is 395 g/mol. The molecule has 1 fully saturated rings. The number of rotatable bonds is 3. The van der Waals surface area contributed by atoms with Crippen molar-refractivity contribution in [3.05, 3.63) is 0 Å². The molecule has 1 heterocycles. The standard InChI is InChI=1S/C6H13O9P.Ba/c7-3-2(1-14-16(11,12)13)15-6(10)5(9)4(3)8;/h2-10H,1H2,(H2,11,12,13);/q;+2/p-2/t2-,3-,4+,5-,6+;/m0./s1. The number of phosphoric ester groups is 1. The van der Waals surface area contributed by atoms with E-state index in [0.29, 0.717) is 0 Å². The first-order chi connectivity index (χ1) is 7.22. The first kappa shape index (κ1) is 18.5. The molecule has 0 bridgehead atoms. The van der Waals surface area contributed by atoms with Crippen molar-refractivity contribution < 1.29 is 44.0 Å². The third-order valence-electron chi connectivity index (χ3n) is 2.08. The van der Waals surface area contributed by atoms with E-state index in [1.165, 1.54) is 0 Å². The van der Waals surface area contributed by atoms with Gasteiger partial charge in [0.15, 0.2) is 6.29 Å². The van der Waals surface area contributed by atoms with Crippen molar-refractivity contribution in [2.45, 2.75) is 30.7 Å². The van der Waals surface area contributed by atoms with Crippen molar-refractivity contribution in [1.29, 1.82) is 0 Å². The minimum atomic E-state index is -5.23. The van der Waals surface area contributed by atoms with E-state index in [1.807, 2.05) is 0 Å². The van der Waals surface area contributed by atoms with Gasteiger partial charge in [0, 0.05) is 0 Å². The van der Waals surface area contributed by atoms with Crippen LogP contribution in [0.1, 0.15) is 0 Å². The van der Waals surface area contributed by atoms with Gasteiger partial charge in [-0.2, -0.15) is 0 Å². The Balaban J connectivity index is 0.00000256. The fraction of sp³-hybridized carbons (Fsp3) is 1.00. The predicted molar refractivity (Wildman–Crippen MR) is 48.2 cm³/mol. The van der Waals surface area contributed by atoms with E-state index in [9.17, 15) is 24.6 Å². The van der Waals surface area contributed by atoms with Crippen LogP contribution < -0.4 is 9.79 Å². The van der Waals surface area contributed by atoms with Crippen molar-refractivity contribution in [3.63, 3.8) is 0 Å². The molecule has 0 unspecified atom stereocenters. The molecule has 1 rings (SSSR count). The summed E-state index contributed by atoms with van der Waals surface area (Å²) in [6, 6.07) is 0. The largest absolute Gasteiger partial charge is 2.00 e. The molecule has 0 aromatic heterocycles. The molecular formula is C6H11BaO9P. The van der Waals surface area contributed by atoms with E-state index < -0.39 is 45.1 Å². The summed E-state index contributed by atoms with van der Waals surface area (Å²) < 4.78 is 18.5. The van der Waals surface area contributed by atoms with Crippen molar-refractivity contribution in [1.82, 2.24) is 0 Å². The Labute approximate surface area is 137 Å². The van der Waals surface area contributed by atoms with Crippen LogP contribution >= 0.6 is 7.82 Å². The summed E-state index contributed by atoms with van der Waals surface area (Å²) in [4.78, 5) is 20.3. The van der Waals surface area contributed by atoms with Crippen LogP contribution in [0.15, 0.2) is 0 Å². The van der Waals surface area contributed by atoms with Crippen molar-refractivity contribution >= 4 is 56.7 Å². The van der Waals surface area contributed by atoms with Crippen LogP contribution in [-0.4, -0.2) is 107 Å². The van der Waals surface area contributed by atoms with Gasteiger partial charge >= 0.3 is 48.9 Å². The second-order valence-electron chi connectivity index (χ2n) is 3.28. The van der Waals surface area contributed by atoms with Gasteiger partial charge in [-0.15, -0.1) is 0 Å². The number of phosphoric acid groups is 1. The van der Waals surface area contributed by atoms with Crippen molar-refractivity contribution in [3.8, 4) is 0 Å². The average Bonchev–Trinajstić information content (AvgIpc) is 2.17. The Bertz CT molecular complexity index is 283. The van der Waals surface area contributed by atoms with Gasteiger partial charge in [-0.1, -0.05) is 0 Å². The number of ether oxygens (including phenoxy) is 1.